The Morgan fingerprint density at radius 3 is 2.33 bits per heavy atom. The first-order valence-corrected chi connectivity index (χ1v) is 10.8. The molecule has 0 aromatic rings. The number of ether oxygens (including phenoxy) is 1. The fourth-order valence-corrected chi connectivity index (χ4v) is 3.54. The number of esters is 1. The van der Waals surface area contributed by atoms with Crippen LogP contribution in [0.3, 0.4) is 0 Å². The van der Waals surface area contributed by atoms with E-state index in [4.69, 9.17) is 9.16 Å². The summed E-state index contributed by atoms with van der Waals surface area (Å²) in [7, 11) is -1.80. The molecule has 1 N–H and O–H groups in total. The fraction of sp³-hybridized carbons (Fsp3) is 0.938. The Balaban J connectivity index is 2.68. The molecular formula is C16H32O4Si. The van der Waals surface area contributed by atoms with E-state index in [-0.39, 0.29) is 28.9 Å². The van der Waals surface area contributed by atoms with Gasteiger partial charge in [-0.05, 0) is 25.1 Å². The number of hydrogen-bond acceptors (Lipinski definition) is 4. The molecule has 0 spiro atoms. The molecule has 0 radical (unpaired) electrons. The van der Waals surface area contributed by atoms with Gasteiger partial charge in [-0.2, -0.15) is 0 Å². The van der Waals surface area contributed by atoms with Crippen molar-refractivity contribution < 1.29 is 19.1 Å². The van der Waals surface area contributed by atoms with Crippen molar-refractivity contribution in [3.8, 4) is 0 Å². The van der Waals surface area contributed by atoms with E-state index < -0.39 is 20.3 Å². The Labute approximate surface area is 130 Å². The van der Waals surface area contributed by atoms with Crippen molar-refractivity contribution in [3.63, 3.8) is 0 Å². The Hall–Kier alpha value is -0.393. The van der Waals surface area contributed by atoms with Crippen molar-refractivity contribution in [2.45, 2.75) is 71.9 Å². The molecule has 0 amide bonds. The summed E-state index contributed by atoms with van der Waals surface area (Å²) in [4.78, 5) is 11.8. The molecule has 0 bridgehead atoms. The molecule has 4 nitrogen and oxygen atoms in total. The summed E-state index contributed by atoms with van der Waals surface area (Å²) in [6.45, 7) is 17.3. The summed E-state index contributed by atoms with van der Waals surface area (Å²) in [5, 5.41) is 10.3. The Morgan fingerprint density at radius 1 is 1.33 bits per heavy atom. The average molecular weight is 317 g/mol. The van der Waals surface area contributed by atoms with Gasteiger partial charge in [-0.1, -0.05) is 34.6 Å². The number of rotatable bonds is 4. The highest BCUT2D eigenvalue weighted by atomic mass is 28.4. The maximum atomic E-state index is 11.8. The van der Waals surface area contributed by atoms with Crippen LogP contribution in [0.15, 0.2) is 0 Å². The molecule has 1 saturated heterocycles. The van der Waals surface area contributed by atoms with E-state index in [0.717, 1.165) is 0 Å². The number of carbonyl (C=O) groups is 1. The molecule has 0 aromatic heterocycles. The number of cyclic esters (lactones) is 1. The van der Waals surface area contributed by atoms with Crippen LogP contribution in [0.5, 0.6) is 0 Å². The highest BCUT2D eigenvalue weighted by Crippen LogP contribution is 2.37. The van der Waals surface area contributed by atoms with E-state index in [9.17, 15) is 9.90 Å². The van der Waals surface area contributed by atoms with Gasteiger partial charge in [-0.25, -0.2) is 0 Å². The van der Waals surface area contributed by atoms with Crippen LogP contribution in [-0.4, -0.2) is 38.2 Å². The zero-order valence-electron chi connectivity index (χ0n) is 14.8. The Kier molecular flexibility index (Phi) is 5.67. The zero-order chi connectivity index (χ0) is 16.6. The molecule has 5 heteroatoms. The summed E-state index contributed by atoms with van der Waals surface area (Å²) in [6.07, 6.45) is -0.903. The van der Waals surface area contributed by atoms with Crippen LogP contribution in [0.4, 0.5) is 0 Å². The highest BCUT2D eigenvalue weighted by molar-refractivity contribution is 6.74. The lowest BCUT2D eigenvalue weighted by molar-refractivity contribution is -0.183. The third kappa shape index (κ3) is 4.08. The SMILES string of the molecule is C[C@H]1[C@H](O)[C@@H](C)C(=O)O[C@H]1[C@@H](C)CO[Si](C)(C)C(C)(C)C. The van der Waals surface area contributed by atoms with Crippen molar-refractivity contribution in [2.75, 3.05) is 6.61 Å². The molecule has 0 unspecified atom stereocenters. The quantitative estimate of drug-likeness (QED) is 0.639. The molecule has 124 valence electrons. The van der Waals surface area contributed by atoms with Crippen LogP contribution in [0.1, 0.15) is 41.5 Å². The standard InChI is InChI=1S/C16H32O4Si/c1-10(9-19-21(7,8)16(4,5)6)14-11(2)13(17)12(3)15(18)20-14/h10-14,17H,9H2,1-8H3/t10-,11-,12+,13-,14-/m0/s1. The fourth-order valence-electron chi connectivity index (χ4n) is 2.42. The van der Waals surface area contributed by atoms with Crippen LogP contribution in [0.2, 0.25) is 18.1 Å². The third-order valence-corrected chi connectivity index (χ3v) is 9.77. The summed E-state index contributed by atoms with van der Waals surface area (Å²) in [6, 6.07) is 0. The summed E-state index contributed by atoms with van der Waals surface area (Å²) in [5.41, 5.74) is 0. The average Bonchev–Trinajstić information content (AvgIpc) is 2.36. The van der Waals surface area contributed by atoms with Crippen LogP contribution < -0.4 is 0 Å². The van der Waals surface area contributed by atoms with Gasteiger partial charge in [0.1, 0.15) is 6.10 Å². The number of hydrogen-bond donors (Lipinski definition) is 1. The van der Waals surface area contributed by atoms with Gasteiger partial charge in [0, 0.05) is 18.4 Å². The molecule has 1 aliphatic rings. The molecule has 21 heavy (non-hydrogen) atoms. The minimum atomic E-state index is -1.80. The molecule has 1 rings (SSSR count). The molecule has 0 saturated carbocycles. The lowest BCUT2D eigenvalue weighted by Gasteiger charge is -2.41. The highest BCUT2D eigenvalue weighted by Gasteiger charge is 2.44. The second-order valence-corrected chi connectivity index (χ2v) is 12.9. The van der Waals surface area contributed by atoms with Crippen molar-refractivity contribution in [1.29, 1.82) is 0 Å². The first-order valence-electron chi connectivity index (χ1n) is 7.91. The van der Waals surface area contributed by atoms with Gasteiger partial charge >= 0.3 is 5.97 Å². The van der Waals surface area contributed by atoms with Crippen LogP contribution in [0, 0.1) is 17.8 Å². The number of aliphatic hydroxyl groups is 1. The second-order valence-electron chi connectivity index (χ2n) is 8.09. The van der Waals surface area contributed by atoms with E-state index in [1.54, 1.807) is 6.92 Å². The summed E-state index contributed by atoms with van der Waals surface area (Å²) in [5.74, 6) is -0.717. The molecule has 1 fully saturated rings. The van der Waals surface area contributed by atoms with Gasteiger partial charge in [0.25, 0.3) is 0 Å². The molecule has 5 atom stereocenters. The minimum Gasteiger partial charge on any atom is -0.461 e. The van der Waals surface area contributed by atoms with Gasteiger partial charge < -0.3 is 14.3 Å². The first kappa shape index (κ1) is 18.7. The van der Waals surface area contributed by atoms with Crippen molar-refractivity contribution >= 4 is 14.3 Å². The van der Waals surface area contributed by atoms with E-state index >= 15 is 0 Å². The lowest BCUT2D eigenvalue weighted by Crippen LogP contribution is -2.51. The number of carbonyl (C=O) groups excluding carboxylic acids is 1. The van der Waals surface area contributed by atoms with Crippen molar-refractivity contribution in [1.82, 2.24) is 0 Å². The van der Waals surface area contributed by atoms with Crippen LogP contribution in [-0.2, 0) is 14.0 Å². The van der Waals surface area contributed by atoms with Gasteiger partial charge in [0.15, 0.2) is 8.32 Å². The summed E-state index contributed by atoms with van der Waals surface area (Å²) < 4.78 is 11.8. The monoisotopic (exact) mass is 316 g/mol. The summed E-state index contributed by atoms with van der Waals surface area (Å²) >= 11 is 0. The molecule has 1 aliphatic heterocycles. The van der Waals surface area contributed by atoms with Crippen LogP contribution in [0.25, 0.3) is 0 Å². The van der Waals surface area contributed by atoms with Gasteiger partial charge in [-0.3, -0.25) is 4.79 Å². The van der Waals surface area contributed by atoms with E-state index in [2.05, 4.69) is 33.9 Å². The topological polar surface area (TPSA) is 55.8 Å². The van der Waals surface area contributed by atoms with Gasteiger partial charge in [0.2, 0.25) is 0 Å². The minimum absolute atomic E-state index is 0.0595. The van der Waals surface area contributed by atoms with Crippen molar-refractivity contribution in [3.05, 3.63) is 0 Å². The third-order valence-electron chi connectivity index (χ3n) is 5.27. The van der Waals surface area contributed by atoms with Gasteiger partial charge in [0.05, 0.1) is 12.0 Å². The predicted octanol–water partition coefficient (Wildman–Crippen LogP) is 3.20. The first-order chi connectivity index (χ1) is 9.38. The Bertz CT molecular complexity index is 375. The smallest absolute Gasteiger partial charge is 0.311 e. The van der Waals surface area contributed by atoms with Crippen molar-refractivity contribution in [2.24, 2.45) is 17.8 Å². The van der Waals surface area contributed by atoms with Crippen LogP contribution >= 0.6 is 0 Å². The van der Waals surface area contributed by atoms with E-state index in [1.807, 2.05) is 13.8 Å². The predicted molar refractivity (Wildman–Crippen MR) is 86.5 cm³/mol. The zero-order valence-corrected chi connectivity index (χ0v) is 15.8. The normalized spacial score (nSPS) is 32.7. The Morgan fingerprint density at radius 2 is 1.86 bits per heavy atom. The van der Waals surface area contributed by atoms with Gasteiger partial charge in [-0.15, -0.1) is 0 Å². The van der Waals surface area contributed by atoms with E-state index in [0.29, 0.717) is 6.61 Å². The maximum absolute atomic E-state index is 11.8. The second kappa shape index (κ2) is 6.38. The number of aliphatic hydroxyl groups excluding tert-OH is 1. The maximum Gasteiger partial charge on any atom is 0.311 e. The van der Waals surface area contributed by atoms with E-state index in [1.165, 1.54) is 0 Å². The lowest BCUT2D eigenvalue weighted by atomic mass is 9.82. The molecule has 1 heterocycles. The molecular weight excluding hydrogens is 284 g/mol. The molecule has 0 aromatic carbocycles. The largest absolute Gasteiger partial charge is 0.461 e. The molecule has 0 aliphatic carbocycles.